The van der Waals surface area contributed by atoms with Gasteiger partial charge in [0.1, 0.15) is 6.04 Å². The quantitative estimate of drug-likeness (QED) is 0.896. The summed E-state index contributed by atoms with van der Waals surface area (Å²) in [5.41, 5.74) is 3.19. The second-order valence-electron chi connectivity index (χ2n) is 4.92. The van der Waals surface area contributed by atoms with E-state index in [1.807, 2.05) is 19.9 Å². The normalized spacial score (nSPS) is 12.0. The van der Waals surface area contributed by atoms with E-state index in [1.54, 1.807) is 28.9 Å². The molecule has 0 fully saturated rings. The van der Waals surface area contributed by atoms with Gasteiger partial charge < -0.3 is 10.4 Å². The summed E-state index contributed by atoms with van der Waals surface area (Å²) in [6, 6.07) is 7.90. The molecule has 1 aromatic heterocycles. The largest absolute Gasteiger partial charge is 0.480 e. The van der Waals surface area contributed by atoms with Crippen LogP contribution in [0.3, 0.4) is 0 Å². The van der Waals surface area contributed by atoms with Gasteiger partial charge in [-0.05, 0) is 51.1 Å². The molecule has 2 aromatic rings. The van der Waals surface area contributed by atoms with Gasteiger partial charge in [-0.1, -0.05) is 0 Å². The summed E-state index contributed by atoms with van der Waals surface area (Å²) in [5.74, 6) is -1.48. The fourth-order valence-corrected chi connectivity index (χ4v) is 1.99. The molecule has 1 heterocycles. The van der Waals surface area contributed by atoms with Gasteiger partial charge in [0.15, 0.2) is 0 Å². The fourth-order valence-electron chi connectivity index (χ4n) is 1.99. The van der Waals surface area contributed by atoms with Crippen molar-refractivity contribution in [3.63, 3.8) is 0 Å². The minimum absolute atomic E-state index is 0.411. The monoisotopic (exact) mass is 287 g/mol. The van der Waals surface area contributed by atoms with Crippen LogP contribution in [0.15, 0.2) is 30.3 Å². The van der Waals surface area contributed by atoms with Gasteiger partial charge in [0.05, 0.1) is 11.4 Å². The number of carbonyl (C=O) groups is 2. The van der Waals surface area contributed by atoms with Crippen LogP contribution in [0.5, 0.6) is 0 Å². The van der Waals surface area contributed by atoms with Crippen LogP contribution in [0.4, 0.5) is 0 Å². The predicted molar refractivity (Wildman–Crippen MR) is 77.6 cm³/mol. The second-order valence-corrected chi connectivity index (χ2v) is 4.92. The molecule has 110 valence electrons. The van der Waals surface area contributed by atoms with Crippen molar-refractivity contribution in [2.75, 3.05) is 0 Å². The smallest absolute Gasteiger partial charge is 0.325 e. The van der Waals surface area contributed by atoms with E-state index in [2.05, 4.69) is 10.4 Å². The molecule has 6 nitrogen and oxygen atoms in total. The SMILES string of the molecule is Cc1cc(C)n(-c2ccc(C(=O)N[C@H](C)C(=O)O)cc2)n1. The Labute approximate surface area is 122 Å². The van der Waals surface area contributed by atoms with Crippen molar-refractivity contribution in [1.82, 2.24) is 15.1 Å². The molecule has 1 amide bonds. The average molecular weight is 287 g/mol. The lowest BCUT2D eigenvalue weighted by molar-refractivity contribution is -0.138. The molecule has 0 radical (unpaired) electrons. The zero-order chi connectivity index (χ0) is 15.6. The molecule has 0 unspecified atom stereocenters. The first-order valence-electron chi connectivity index (χ1n) is 6.56. The number of rotatable bonds is 4. The van der Waals surface area contributed by atoms with Crippen molar-refractivity contribution in [2.45, 2.75) is 26.8 Å². The van der Waals surface area contributed by atoms with Crippen LogP contribution in [0.1, 0.15) is 28.7 Å². The standard InChI is InChI=1S/C15H17N3O3/c1-9-8-10(2)18(17-9)13-6-4-12(5-7-13)14(19)16-11(3)15(20)21/h4-8,11H,1-3H3,(H,16,19)(H,20,21)/t11-/m1/s1. The van der Waals surface area contributed by atoms with Crippen molar-refractivity contribution in [3.8, 4) is 5.69 Å². The number of nitrogens with zero attached hydrogens (tertiary/aromatic N) is 2. The second kappa shape index (κ2) is 5.78. The van der Waals surface area contributed by atoms with Gasteiger partial charge in [0, 0.05) is 11.3 Å². The van der Waals surface area contributed by atoms with E-state index in [1.165, 1.54) is 6.92 Å². The highest BCUT2D eigenvalue weighted by Gasteiger charge is 2.15. The van der Waals surface area contributed by atoms with Crippen molar-refractivity contribution < 1.29 is 14.7 Å². The number of carbonyl (C=O) groups excluding carboxylic acids is 1. The van der Waals surface area contributed by atoms with Gasteiger partial charge in [-0.25, -0.2) is 4.68 Å². The molecule has 2 rings (SSSR count). The lowest BCUT2D eigenvalue weighted by Gasteiger charge is -2.10. The van der Waals surface area contributed by atoms with Gasteiger partial charge in [-0.15, -0.1) is 0 Å². The van der Waals surface area contributed by atoms with E-state index in [-0.39, 0.29) is 0 Å². The molecule has 21 heavy (non-hydrogen) atoms. The minimum atomic E-state index is -1.07. The number of aliphatic carboxylic acids is 1. The first-order chi connectivity index (χ1) is 9.88. The molecule has 0 saturated carbocycles. The Hall–Kier alpha value is -2.63. The highest BCUT2D eigenvalue weighted by molar-refractivity contribution is 5.96. The molecule has 0 bridgehead atoms. The summed E-state index contributed by atoms with van der Waals surface area (Å²) in [4.78, 5) is 22.6. The first kappa shape index (κ1) is 14.8. The Morgan fingerprint density at radius 3 is 2.33 bits per heavy atom. The van der Waals surface area contributed by atoms with E-state index < -0.39 is 17.9 Å². The maximum atomic E-state index is 11.9. The molecule has 1 atom stereocenters. The third-order valence-electron chi connectivity index (χ3n) is 3.10. The Bertz CT molecular complexity index is 674. The van der Waals surface area contributed by atoms with E-state index in [4.69, 9.17) is 5.11 Å². The topological polar surface area (TPSA) is 84.2 Å². The van der Waals surface area contributed by atoms with Gasteiger partial charge in [-0.2, -0.15) is 5.10 Å². The summed E-state index contributed by atoms with van der Waals surface area (Å²) in [7, 11) is 0. The Morgan fingerprint density at radius 2 is 1.86 bits per heavy atom. The van der Waals surface area contributed by atoms with Crippen LogP contribution >= 0.6 is 0 Å². The number of aryl methyl sites for hydroxylation is 2. The third-order valence-corrected chi connectivity index (χ3v) is 3.10. The summed E-state index contributed by atoms with van der Waals surface area (Å²) in [6.07, 6.45) is 0. The van der Waals surface area contributed by atoms with Crippen molar-refractivity contribution in [2.24, 2.45) is 0 Å². The summed E-state index contributed by atoms with van der Waals surface area (Å²) < 4.78 is 1.79. The number of aromatic nitrogens is 2. The number of benzene rings is 1. The van der Waals surface area contributed by atoms with Gasteiger partial charge in [0.2, 0.25) is 0 Å². The minimum Gasteiger partial charge on any atom is -0.480 e. The number of hydrogen-bond donors (Lipinski definition) is 2. The van der Waals surface area contributed by atoms with E-state index in [0.717, 1.165) is 17.1 Å². The molecule has 0 saturated heterocycles. The Morgan fingerprint density at radius 1 is 1.24 bits per heavy atom. The summed E-state index contributed by atoms with van der Waals surface area (Å²) in [5, 5.41) is 15.6. The molecule has 0 aliphatic carbocycles. The fraction of sp³-hybridized carbons (Fsp3) is 0.267. The highest BCUT2D eigenvalue weighted by atomic mass is 16.4. The average Bonchev–Trinajstić information content (AvgIpc) is 2.77. The van der Waals surface area contributed by atoms with E-state index in [9.17, 15) is 9.59 Å². The Balaban J connectivity index is 2.17. The molecule has 0 spiro atoms. The van der Waals surface area contributed by atoms with Crippen LogP contribution in [0, 0.1) is 13.8 Å². The molecular weight excluding hydrogens is 270 g/mol. The molecule has 0 aliphatic heterocycles. The van der Waals surface area contributed by atoms with Crippen LogP contribution < -0.4 is 5.32 Å². The maximum absolute atomic E-state index is 11.9. The van der Waals surface area contributed by atoms with Crippen LogP contribution in [-0.4, -0.2) is 32.8 Å². The van der Waals surface area contributed by atoms with Gasteiger partial charge >= 0.3 is 5.97 Å². The number of nitrogens with one attached hydrogen (secondary N) is 1. The molecular formula is C15H17N3O3. The summed E-state index contributed by atoms with van der Waals surface area (Å²) in [6.45, 7) is 5.29. The number of amides is 1. The number of hydrogen-bond acceptors (Lipinski definition) is 3. The number of carboxylic acids is 1. The number of carboxylic acid groups (broad SMARTS) is 1. The van der Waals surface area contributed by atoms with Crippen molar-refractivity contribution >= 4 is 11.9 Å². The zero-order valence-electron chi connectivity index (χ0n) is 12.1. The maximum Gasteiger partial charge on any atom is 0.325 e. The lowest BCUT2D eigenvalue weighted by Crippen LogP contribution is -2.38. The lowest BCUT2D eigenvalue weighted by atomic mass is 10.2. The molecule has 6 heteroatoms. The zero-order valence-corrected chi connectivity index (χ0v) is 12.1. The summed E-state index contributed by atoms with van der Waals surface area (Å²) >= 11 is 0. The Kier molecular flexibility index (Phi) is 4.07. The predicted octanol–water partition coefficient (Wildman–Crippen LogP) is 1.69. The molecule has 1 aromatic carbocycles. The van der Waals surface area contributed by atoms with E-state index >= 15 is 0 Å². The van der Waals surface area contributed by atoms with E-state index in [0.29, 0.717) is 5.56 Å². The van der Waals surface area contributed by atoms with Gasteiger partial charge in [0.25, 0.3) is 5.91 Å². The van der Waals surface area contributed by atoms with Crippen molar-refractivity contribution in [3.05, 3.63) is 47.3 Å². The highest BCUT2D eigenvalue weighted by Crippen LogP contribution is 2.13. The van der Waals surface area contributed by atoms with Crippen LogP contribution in [0.25, 0.3) is 5.69 Å². The van der Waals surface area contributed by atoms with Gasteiger partial charge in [-0.3, -0.25) is 9.59 Å². The first-order valence-corrected chi connectivity index (χ1v) is 6.56. The van der Waals surface area contributed by atoms with Crippen LogP contribution in [-0.2, 0) is 4.79 Å². The molecule has 0 aliphatic rings. The molecule has 2 N–H and O–H groups in total. The van der Waals surface area contributed by atoms with Crippen LogP contribution in [0.2, 0.25) is 0 Å². The van der Waals surface area contributed by atoms with Crippen molar-refractivity contribution in [1.29, 1.82) is 0 Å². The third kappa shape index (κ3) is 3.28.